The quantitative estimate of drug-likeness (QED) is 0.444. The minimum absolute atomic E-state index is 0.0299. The Morgan fingerprint density at radius 3 is 2.83 bits per heavy atom. The summed E-state index contributed by atoms with van der Waals surface area (Å²) in [6.07, 6.45) is 5.75. The van der Waals surface area contributed by atoms with Crippen LogP contribution in [-0.4, -0.2) is 16.3 Å². The average Bonchev–Trinajstić information content (AvgIpc) is 2.54. The molecule has 2 aromatic rings. The Hall–Kier alpha value is -2.43. The van der Waals surface area contributed by atoms with Crippen LogP contribution < -0.4 is 16.0 Å². The number of hydrogen-bond acceptors (Lipinski definition) is 4. The van der Waals surface area contributed by atoms with Crippen molar-refractivity contribution >= 4 is 16.6 Å². The monoisotopic (exact) mass is 316 g/mol. The summed E-state index contributed by atoms with van der Waals surface area (Å²) in [4.78, 5) is 12.7. The van der Waals surface area contributed by atoms with Crippen LogP contribution in [0.25, 0.3) is 10.9 Å². The highest BCUT2D eigenvalue weighted by atomic mass is 16.5. The van der Waals surface area contributed by atoms with Gasteiger partial charge in [0.2, 0.25) is 5.75 Å². The maximum Gasteiger partial charge on any atom is 0.297 e. The van der Waals surface area contributed by atoms with Gasteiger partial charge in [-0.05, 0) is 24.6 Å². The fourth-order valence-corrected chi connectivity index (χ4v) is 2.62. The van der Waals surface area contributed by atoms with Gasteiger partial charge < -0.3 is 20.1 Å². The highest BCUT2D eigenvalue weighted by molar-refractivity contribution is 5.89. The van der Waals surface area contributed by atoms with E-state index in [1.54, 1.807) is 22.8 Å². The molecule has 0 atom stereocenters. The molecule has 0 saturated heterocycles. The number of anilines is 1. The topological polar surface area (TPSA) is 77.5 Å². The Kier molecular flexibility index (Phi) is 5.68. The van der Waals surface area contributed by atoms with Gasteiger partial charge >= 0.3 is 0 Å². The zero-order chi connectivity index (χ0) is 16.8. The first-order valence-electron chi connectivity index (χ1n) is 7.98. The van der Waals surface area contributed by atoms with Gasteiger partial charge in [-0.1, -0.05) is 38.8 Å². The van der Waals surface area contributed by atoms with E-state index in [0.29, 0.717) is 23.1 Å². The summed E-state index contributed by atoms with van der Waals surface area (Å²) in [5.74, 6) is -0.172. The van der Waals surface area contributed by atoms with Crippen LogP contribution >= 0.6 is 0 Å². The number of pyridine rings is 1. The molecule has 124 valence electrons. The van der Waals surface area contributed by atoms with E-state index in [4.69, 9.17) is 10.5 Å². The Bertz CT molecular complexity index is 750. The fraction of sp³-hybridized carbons (Fsp3) is 0.389. The number of fused-ring (bicyclic) bond motifs is 1. The first-order valence-corrected chi connectivity index (χ1v) is 7.98. The predicted molar refractivity (Wildman–Crippen MR) is 94.1 cm³/mol. The molecular formula is C18H24N2O3. The maximum absolute atomic E-state index is 12.7. The molecule has 0 unspecified atom stereocenters. The number of benzene rings is 1. The van der Waals surface area contributed by atoms with Crippen LogP contribution in [0.2, 0.25) is 0 Å². The highest BCUT2D eigenvalue weighted by Crippen LogP contribution is 2.32. The van der Waals surface area contributed by atoms with Gasteiger partial charge in [-0.3, -0.25) is 4.79 Å². The Morgan fingerprint density at radius 1 is 1.35 bits per heavy atom. The lowest BCUT2D eigenvalue weighted by Crippen LogP contribution is -2.23. The van der Waals surface area contributed by atoms with E-state index in [9.17, 15) is 9.90 Å². The van der Waals surface area contributed by atoms with Gasteiger partial charge in [0.1, 0.15) is 6.61 Å². The molecule has 1 heterocycles. The predicted octanol–water partition coefficient (Wildman–Crippen LogP) is 3.43. The van der Waals surface area contributed by atoms with Gasteiger partial charge in [-0.25, -0.2) is 0 Å². The number of unbranched alkanes of at least 4 members (excludes halogenated alkanes) is 3. The standard InChI is InChI=1S/C18H24N2O3/c1-3-5-6-7-10-20-15-12-13(19)8-9-14(15)16(21)17(18(20)22)23-11-4-2/h4,8-9,12,21H,2-3,5-7,10-11,19H2,1H3. The number of hydrogen-bond donors (Lipinski definition) is 2. The van der Waals surface area contributed by atoms with Crippen LogP contribution in [0, 0.1) is 0 Å². The lowest BCUT2D eigenvalue weighted by Gasteiger charge is -2.15. The van der Waals surface area contributed by atoms with Crippen molar-refractivity contribution in [3.05, 3.63) is 41.2 Å². The third-order valence-corrected chi connectivity index (χ3v) is 3.80. The molecule has 2 rings (SSSR count). The summed E-state index contributed by atoms with van der Waals surface area (Å²) in [5, 5.41) is 10.9. The molecule has 1 aromatic heterocycles. The van der Waals surface area contributed by atoms with Gasteiger partial charge in [0.05, 0.1) is 5.52 Å². The first-order chi connectivity index (χ1) is 11.1. The van der Waals surface area contributed by atoms with E-state index in [1.807, 2.05) is 0 Å². The molecule has 0 fully saturated rings. The second kappa shape index (κ2) is 7.72. The second-order valence-electron chi connectivity index (χ2n) is 5.57. The van der Waals surface area contributed by atoms with Crippen LogP contribution in [-0.2, 0) is 6.54 Å². The van der Waals surface area contributed by atoms with Gasteiger partial charge in [0, 0.05) is 17.6 Å². The smallest absolute Gasteiger partial charge is 0.297 e. The largest absolute Gasteiger partial charge is 0.504 e. The van der Waals surface area contributed by atoms with Crippen molar-refractivity contribution in [3.63, 3.8) is 0 Å². The van der Waals surface area contributed by atoms with E-state index in [-0.39, 0.29) is 23.7 Å². The van der Waals surface area contributed by atoms with E-state index >= 15 is 0 Å². The molecule has 3 N–H and O–H groups in total. The van der Waals surface area contributed by atoms with Crippen LogP contribution in [0.4, 0.5) is 5.69 Å². The average molecular weight is 316 g/mol. The van der Waals surface area contributed by atoms with Crippen molar-refractivity contribution in [1.82, 2.24) is 4.57 Å². The maximum atomic E-state index is 12.7. The number of ether oxygens (including phenoxy) is 1. The molecule has 0 spiro atoms. The zero-order valence-electron chi connectivity index (χ0n) is 13.5. The lowest BCUT2D eigenvalue weighted by molar-refractivity contribution is 0.329. The molecule has 0 amide bonds. The molecule has 0 saturated carbocycles. The molecular weight excluding hydrogens is 292 g/mol. The molecule has 5 nitrogen and oxygen atoms in total. The summed E-state index contributed by atoms with van der Waals surface area (Å²) in [7, 11) is 0. The lowest BCUT2D eigenvalue weighted by atomic mass is 10.1. The summed E-state index contributed by atoms with van der Waals surface area (Å²) in [6, 6.07) is 5.13. The van der Waals surface area contributed by atoms with Crippen LogP contribution in [0.5, 0.6) is 11.5 Å². The van der Waals surface area contributed by atoms with Crippen molar-refractivity contribution in [1.29, 1.82) is 0 Å². The minimum Gasteiger partial charge on any atom is -0.504 e. The van der Waals surface area contributed by atoms with E-state index in [2.05, 4.69) is 13.5 Å². The molecule has 1 aromatic carbocycles. The molecule has 23 heavy (non-hydrogen) atoms. The van der Waals surface area contributed by atoms with Crippen molar-refractivity contribution < 1.29 is 9.84 Å². The Morgan fingerprint density at radius 2 is 2.13 bits per heavy atom. The second-order valence-corrected chi connectivity index (χ2v) is 5.57. The number of rotatable bonds is 8. The van der Waals surface area contributed by atoms with Gasteiger partial charge in [-0.2, -0.15) is 0 Å². The SMILES string of the molecule is C=CCOc1c(O)c2ccc(N)cc2n(CCCCCC)c1=O. The summed E-state index contributed by atoms with van der Waals surface area (Å²) >= 11 is 0. The molecule has 0 aliphatic rings. The third-order valence-electron chi connectivity index (χ3n) is 3.80. The number of aromatic nitrogens is 1. The number of nitrogens with zero attached hydrogens (tertiary/aromatic N) is 1. The van der Waals surface area contributed by atoms with E-state index in [1.165, 1.54) is 6.08 Å². The molecule has 5 heteroatoms. The number of nitrogens with two attached hydrogens (primary N) is 1. The van der Waals surface area contributed by atoms with Crippen LogP contribution in [0.3, 0.4) is 0 Å². The minimum atomic E-state index is -0.334. The highest BCUT2D eigenvalue weighted by Gasteiger charge is 2.17. The van der Waals surface area contributed by atoms with Crippen LogP contribution in [0.1, 0.15) is 32.6 Å². The van der Waals surface area contributed by atoms with Crippen molar-refractivity contribution in [2.75, 3.05) is 12.3 Å². The van der Waals surface area contributed by atoms with Crippen molar-refractivity contribution in [2.24, 2.45) is 0 Å². The molecule has 0 aliphatic heterocycles. The van der Waals surface area contributed by atoms with E-state index in [0.717, 1.165) is 25.7 Å². The van der Waals surface area contributed by atoms with Crippen LogP contribution in [0.15, 0.2) is 35.6 Å². The van der Waals surface area contributed by atoms with E-state index < -0.39 is 0 Å². The van der Waals surface area contributed by atoms with Gasteiger partial charge in [0.15, 0.2) is 5.75 Å². The Balaban J connectivity index is 2.53. The van der Waals surface area contributed by atoms with Gasteiger partial charge in [-0.15, -0.1) is 0 Å². The first kappa shape index (κ1) is 16.9. The zero-order valence-corrected chi connectivity index (χ0v) is 13.5. The molecule has 0 bridgehead atoms. The molecule has 0 aliphatic carbocycles. The van der Waals surface area contributed by atoms with Crippen molar-refractivity contribution in [3.8, 4) is 11.5 Å². The molecule has 0 radical (unpaired) electrons. The summed E-state index contributed by atoms with van der Waals surface area (Å²) in [5.41, 5.74) is 6.70. The van der Waals surface area contributed by atoms with Crippen molar-refractivity contribution in [2.45, 2.75) is 39.2 Å². The normalized spacial score (nSPS) is 10.8. The number of nitrogen functional groups attached to an aromatic ring is 1. The Labute approximate surface area is 136 Å². The number of aromatic hydroxyl groups is 1. The third kappa shape index (κ3) is 3.67. The van der Waals surface area contributed by atoms with Gasteiger partial charge in [0.25, 0.3) is 5.56 Å². The number of aryl methyl sites for hydroxylation is 1. The summed E-state index contributed by atoms with van der Waals surface area (Å²) in [6.45, 7) is 6.45. The summed E-state index contributed by atoms with van der Waals surface area (Å²) < 4.78 is 7.03. The fourth-order valence-electron chi connectivity index (χ4n) is 2.62.